The minimum atomic E-state index is -1.84. The zero-order valence-electron chi connectivity index (χ0n) is 22.0. The predicted octanol–water partition coefficient (Wildman–Crippen LogP) is 7.86. The van der Waals surface area contributed by atoms with Crippen molar-refractivity contribution in [2.75, 3.05) is 0 Å². The van der Waals surface area contributed by atoms with Crippen molar-refractivity contribution in [3.8, 4) is 5.75 Å². The number of nitrogens with one attached hydrogen (secondary N) is 1. The van der Waals surface area contributed by atoms with Gasteiger partial charge in [-0.25, -0.2) is 0 Å². The highest BCUT2D eigenvalue weighted by Crippen LogP contribution is 2.37. The molecule has 0 radical (unpaired) electrons. The Labute approximate surface area is 219 Å². The Bertz CT molecular complexity index is 1230. The van der Waals surface area contributed by atoms with Crippen LogP contribution in [0.3, 0.4) is 0 Å². The number of hydrogen-bond donors (Lipinski definition) is 1. The number of rotatable bonds is 10. The molecule has 2 aromatic carbocycles. The van der Waals surface area contributed by atoms with E-state index in [9.17, 15) is 9.59 Å². The van der Waals surface area contributed by atoms with Gasteiger partial charge in [0.25, 0.3) is 5.24 Å². The van der Waals surface area contributed by atoms with Crippen LogP contribution in [-0.4, -0.2) is 24.7 Å². The fourth-order valence-electron chi connectivity index (χ4n) is 4.13. The lowest BCUT2D eigenvalue weighted by atomic mass is 10.0. The van der Waals surface area contributed by atoms with Crippen LogP contribution in [-0.2, 0) is 17.6 Å². The van der Waals surface area contributed by atoms with Crippen molar-refractivity contribution in [1.29, 1.82) is 0 Å². The first-order chi connectivity index (χ1) is 17.0. The highest BCUT2D eigenvalue weighted by molar-refractivity contribution is 8.15. The molecule has 1 aliphatic heterocycles. The molecular weight excluding hydrogens is 486 g/mol. The second-order valence-electron chi connectivity index (χ2n) is 11.3. The molecule has 3 aromatic rings. The number of imide groups is 1. The van der Waals surface area contributed by atoms with Crippen molar-refractivity contribution in [3.05, 3.63) is 65.4 Å². The molecule has 1 unspecified atom stereocenters. The van der Waals surface area contributed by atoms with E-state index in [1.165, 1.54) is 11.1 Å². The Hall–Kier alpha value is -2.51. The maximum atomic E-state index is 11.6. The molecule has 1 atom stereocenters. The van der Waals surface area contributed by atoms with E-state index in [0.29, 0.717) is 0 Å². The number of unbranched alkanes of at least 4 members (excludes halogenated alkanes) is 2. The van der Waals surface area contributed by atoms with Crippen LogP contribution in [0.15, 0.2) is 52.9 Å². The third-order valence-corrected chi connectivity index (χ3v) is 12.7. The van der Waals surface area contributed by atoms with E-state index in [-0.39, 0.29) is 21.4 Å². The van der Waals surface area contributed by atoms with Crippen LogP contribution in [0.4, 0.5) is 4.79 Å². The average molecular weight is 524 g/mol. The van der Waals surface area contributed by atoms with Crippen molar-refractivity contribution in [2.24, 2.45) is 0 Å². The minimum Gasteiger partial charge on any atom is -0.544 e. The minimum absolute atomic E-state index is 0.137. The van der Waals surface area contributed by atoms with Gasteiger partial charge in [-0.2, -0.15) is 0 Å². The molecule has 2 heterocycles. The molecule has 7 heteroatoms. The number of furan rings is 1. The summed E-state index contributed by atoms with van der Waals surface area (Å²) < 4.78 is 12.5. The fourth-order valence-corrected chi connectivity index (χ4v) is 6.03. The summed E-state index contributed by atoms with van der Waals surface area (Å²) in [6, 6.07) is 17.0. The van der Waals surface area contributed by atoms with E-state index in [2.05, 4.69) is 87.7 Å². The van der Waals surface area contributed by atoms with Gasteiger partial charge in [0.15, 0.2) is 0 Å². The van der Waals surface area contributed by atoms with Gasteiger partial charge in [0.2, 0.25) is 14.2 Å². The van der Waals surface area contributed by atoms with E-state index in [1.807, 2.05) is 0 Å². The maximum absolute atomic E-state index is 11.6. The second kappa shape index (κ2) is 10.8. The molecule has 0 saturated carbocycles. The Balaban J connectivity index is 1.28. The standard InChI is InChI=1S/C29H37NO4SSi/c1-29(2,3)36(4,5)34-23-14-11-21(12-15-23)18-24-19-22-17-20(13-16-25(22)33-24)9-7-6-8-10-26-27(31)30-28(32)35-26/h11-17,19,26H,6-10,18H2,1-5H3,(H,30,31,32). The predicted molar refractivity (Wildman–Crippen MR) is 150 cm³/mol. The molecule has 1 aliphatic rings. The van der Waals surface area contributed by atoms with Crippen LogP contribution in [0, 0.1) is 0 Å². The summed E-state index contributed by atoms with van der Waals surface area (Å²) in [7, 11) is -1.84. The van der Waals surface area contributed by atoms with E-state index in [1.54, 1.807) is 0 Å². The van der Waals surface area contributed by atoms with Crippen molar-refractivity contribution in [3.63, 3.8) is 0 Å². The summed E-state index contributed by atoms with van der Waals surface area (Å²) in [5.41, 5.74) is 3.42. The molecule has 1 saturated heterocycles. The third-order valence-electron chi connectivity index (χ3n) is 7.31. The van der Waals surface area contributed by atoms with Crippen LogP contribution in [0.1, 0.15) is 63.3 Å². The highest BCUT2D eigenvalue weighted by Gasteiger charge is 2.38. The Morgan fingerprint density at radius 3 is 2.36 bits per heavy atom. The van der Waals surface area contributed by atoms with Gasteiger partial charge in [-0.15, -0.1) is 0 Å². The van der Waals surface area contributed by atoms with Gasteiger partial charge < -0.3 is 8.84 Å². The zero-order chi connectivity index (χ0) is 25.9. The average Bonchev–Trinajstić information content (AvgIpc) is 3.34. The summed E-state index contributed by atoms with van der Waals surface area (Å²) >= 11 is 1.12. The number of hydrogen-bond acceptors (Lipinski definition) is 5. The Morgan fingerprint density at radius 1 is 0.972 bits per heavy atom. The third kappa shape index (κ3) is 6.62. The number of carbonyl (C=O) groups is 2. The van der Waals surface area contributed by atoms with Gasteiger partial charge in [0.05, 0.1) is 5.25 Å². The fraction of sp³-hybridized carbons (Fsp3) is 0.448. The lowest BCUT2D eigenvalue weighted by Gasteiger charge is -2.36. The quantitative estimate of drug-likeness (QED) is 0.216. The molecule has 36 heavy (non-hydrogen) atoms. The Morgan fingerprint density at radius 2 is 1.69 bits per heavy atom. The Kier molecular flexibility index (Phi) is 8.00. The van der Waals surface area contributed by atoms with Gasteiger partial charge >= 0.3 is 0 Å². The second-order valence-corrected chi connectivity index (χ2v) is 17.2. The number of fused-ring (bicyclic) bond motifs is 1. The zero-order valence-corrected chi connectivity index (χ0v) is 23.8. The molecule has 2 amide bonds. The molecule has 0 bridgehead atoms. The van der Waals surface area contributed by atoms with Crippen molar-refractivity contribution < 1.29 is 18.4 Å². The van der Waals surface area contributed by atoms with Gasteiger partial charge in [0, 0.05) is 11.8 Å². The van der Waals surface area contributed by atoms with Crippen LogP contribution in [0.25, 0.3) is 11.0 Å². The number of benzene rings is 2. The number of thioether (sulfide) groups is 1. The molecular formula is C29H37NO4SSi. The summed E-state index contributed by atoms with van der Waals surface area (Å²) in [5.74, 6) is 1.77. The lowest BCUT2D eigenvalue weighted by molar-refractivity contribution is -0.119. The van der Waals surface area contributed by atoms with E-state index < -0.39 is 8.32 Å². The molecule has 1 N–H and O–H groups in total. The molecule has 1 fully saturated rings. The first-order valence-corrected chi connectivity index (χ1v) is 16.6. The van der Waals surface area contributed by atoms with Crippen molar-refractivity contribution in [2.45, 2.75) is 82.7 Å². The number of carbonyl (C=O) groups excluding carboxylic acids is 2. The summed E-state index contributed by atoms with van der Waals surface area (Å²) in [4.78, 5) is 22.9. The topological polar surface area (TPSA) is 68.5 Å². The monoisotopic (exact) mass is 523 g/mol. The first kappa shape index (κ1) is 26.5. The normalized spacial score (nSPS) is 16.5. The molecule has 5 nitrogen and oxygen atoms in total. The van der Waals surface area contributed by atoms with E-state index in [0.717, 1.165) is 72.8 Å². The first-order valence-electron chi connectivity index (χ1n) is 12.8. The smallest absolute Gasteiger partial charge is 0.286 e. The summed E-state index contributed by atoms with van der Waals surface area (Å²) in [6.07, 6.45) is 5.56. The highest BCUT2D eigenvalue weighted by atomic mass is 32.2. The molecule has 192 valence electrons. The van der Waals surface area contributed by atoms with E-state index >= 15 is 0 Å². The van der Waals surface area contributed by atoms with Crippen molar-refractivity contribution in [1.82, 2.24) is 5.32 Å². The largest absolute Gasteiger partial charge is 0.544 e. The number of amides is 2. The van der Waals surface area contributed by atoms with Gasteiger partial charge in [-0.05, 0) is 78.9 Å². The van der Waals surface area contributed by atoms with E-state index in [4.69, 9.17) is 8.84 Å². The summed E-state index contributed by atoms with van der Waals surface area (Å²) in [6.45, 7) is 11.3. The molecule has 0 aliphatic carbocycles. The molecule has 4 rings (SSSR count). The molecule has 1 aromatic heterocycles. The van der Waals surface area contributed by atoms with Crippen molar-refractivity contribution >= 4 is 42.2 Å². The van der Waals surface area contributed by atoms with Crippen LogP contribution < -0.4 is 9.74 Å². The summed E-state index contributed by atoms with van der Waals surface area (Å²) in [5, 5.41) is 3.24. The van der Waals surface area contributed by atoms with Gasteiger partial charge in [0.1, 0.15) is 17.1 Å². The van der Waals surface area contributed by atoms with Crippen LogP contribution >= 0.6 is 11.8 Å². The van der Waals surface area contributed by atoms with Gasteiger partial charge in [-0.3, -0.25) is 14.9 Å². The van der Waals surface area contributed by atoms with Crippen LogP contribution in [0.5, 0.6) is 5.75 Å². The maximum Gasteiger partial charge on any atom is 0.286 e. The SMILES string of the molecule is CC(C)(C)[Si](C)(C)Oc1ccc(Cc2cc3cc(CCCCCC4SC(=O)NC4=O)ccc3o2)cc1. The molecule has 0 spiro atoms. The lowest BCUT2D eigenvalue weighted by Crippen LogP contribution is -2.43. The van der Waals surface area contributed by atoms with Gasteiger partial charge in [-0.1, -0.05) is 63.6 Å². The number of aryl methyl sites for hydroxylation is 1. The van der Waals surface area contributed by atoms with Crippen LogP contribution in [0.2, 0.25) is 18.1 Å².